The van der Waals surface area contributed by atoms with Crippen molar-refractivity contribution in [3.8, 4) is 22.5 Å². The zero-order chi connectivity index (χ0) is 16.4. The fourth-order valence-electron chi connectivity index (χ4n) is 3.04. The minimum absolute atomic E-state index is 0.0108. The van der Waals surface area contributed by atoms with Gasteiger partial charge in [-0.15, -0.1) is 4.68 Å². The summed E-state index contributed by atoms with van der Waals surface area (Å²) in [5, 5.41) is 9.39. The minimum atomic E-state index is -0.828. The first kappa shape index (κ1) is 15.0. The van der Waals surface area contributed by atoms with Gasteiger partial charge in [-0.25, -0.2) is 0 Å². The molecular weight excluding hydrogens is 288 g/mol. The second kappa shape index (κ2) is 6.08. The van der Waals surface area contributed by atoms with Crippen LogP contribution in [0.4, 0.5) is 0 Å². The second-order valence-corrected chi connectivity index (χ2v) is 5.53. The SMILES string of the molecule is Cn1c(-c2ccccc2)c(CC(=O)O)c(-c2ccccc2)[n+]1C. The first-order valence-corrected chi connectivity index (χ1v) is 7.50. The molecule has 116 valence electrons. The lowest BCUT2D eigenvalue weighted by Crippen LogP contribution is -2.39. The van der Waals surface area contributed by atoms with Crippen molar-refractivity contribution in [1.29, 1.82) is 0 Å². The predicted molar refractivity (Wildman–Crippen MR) is 88.8 cm³/mol. The number of carboxylic acids is 1. The molecule has 2 aromatic carbocycles. The van der Waals surface area contributed by atoms with Gasteiger partial charge in [0.25, 0.3) is 0 Å². The molecule has 0 aliphatic rings. The van der Waals surface area contributed by atoms with Gasteiger partial charge in [0, 0.05) is 11.1 Å². The molecule has 0 amide bonds. The smallest absolute Gasteiger partial charge is 0.308 e. The molecule has 0 aliphatic heterocycles. The summed E-state index contributed by atoms with van der Waals surface area (Å²) < 4.78 is 4.02. The van der Waals surface area contributed by atoms with Crippen LogP contribution in [0.3, 0.4) is 0 Å². The van der Waals surface area contributed by atoms with Gasteiger partial charge in [0.15, 0.2) is 7.05 Å². The van der Waals surface area contributed by atoms with E-state index in [2.05, 4.69) is 0 Å². The lowest BCUT2D eigenvalue weighted by Gasteiger charge is -2.02. The Morgan fingerprint density at radius 2 is 1.52 bits per heavy atom. The van der Waals surface area contributed by atoms with Crippen LogP contribution in [0.25, 0.3) is 22.5 Å². The number of aromatic nitrogens is 2. The summed E-state index contributed by atoms with van der Waals surface area (Å²) in [7, 11) is 3.92. The van der Waals surface area contributed by atoms with Crippen LogP contribution in [0.5, 0.6) is 0 Å². The van der Waals surface area contributed by atoms with Gasteiger partial charge in [0.2, 0.25) is 5.69 Å². The Hall–Kier alpha value is -2.88. The summed E-state index contributed by atoms with van der Waals surface area (Å²) in [5.41, 5.74) is 4.75. The highest BCUT2D eigenvalue weighted by molar-refractivity contribution is 5.80. The third-order valence-corrected chi connectivity index (χ3v) is 4.09. The molecule has 1 aromatic heterocycles. The van der Waals surface area contributed by atoms with Gasteiger partial charge >= 0.3 is 5.97 Å². The average molecular weight is 307 g/mol. The summed E-state index contributed by atoms with van der Waals surface area (Å²) in [5.74, 6) is -0.828. The van der Waals surface area contributed by atoms with E-state index in [-0.39, 0.29) is 6.42 Å². The summed E-state index contributed by atoms with van der Waals surface area (Å²) >= 11 is 0. The fourth-order valence-corrected chi connectivity index (χ4v) is 3.04. The van der Waals surface area contributed by atoms with Crippen molar-refractivity contribution < 1.29 is 14.6 Å². The van der Waals surface area contributed by atoms with Gasteiger partial charge in [0.05, 0.1) is 19.0 Å². The van der Waals surface area contributed by atoms with Crippen molar-refractivity contribution in [2.75, 3.05) is 0 Å². The van der Waals surface area contributed by atoms with Gasteiger partial charge in [0.1, 0.15) is 5.69 Å². The first-order valence-electron chi connectivity index (χ1n) is 7.50. The zero-order valence-corrected chi connectivity index (χ0v) is 13.2. The van der Waals surface area contributed by atoms with Crippen LogP contribution in [0.1, 0.15) is 5.56 Å². The number of rotatable bonds is 4. The molecule has 4 nitrogen and oxygen atoms in total. The third-order valence-electron chi connectivity index (χ3n) is 4.09. The number of hydrogen-bond acceptors (Lipinski definition) is 1. The number of benzene rings is 2. The fraction of sp³-hybridized carbons (Fsp3) is 0.158. The van der Waals surface area contributed by atoms with E-state index in [4.69, 9.17) is 0 Å². The standard InChI is InChI=1S/C19H18N2O2/c1-20-18(14-9-5-3-6-10-14)16(13-17(22)23)19(21(20)2)15-11-7-4-8-12-15/h3-12H,13H2,1-2H3/p+1. The van der Waals surface area contributed by atoms with Crippen LogP contribution in [0.15, 0.2) is 60.7 Å². The molecule has 0 unspecified atom stereocenters. The number of nitrogens with zero attached hydrogens (tertiary/aromatic N) is 2. The molecule has 3 rings (SSSR count). The summed E-state index contributed by atoms with van der Waals surface area (Å²) in [6, 6.07) is 19.8. The number of carboxylic acid groups (broad SMARTS) is 1. The molecular formula is C19H19N2O2+. The maximum absolute atomic E-state index is 11.4. The van der Waals surface area contributed by atoms with Crippen molar-refractivity contribution in [2.24, 2.45) is 14.1 Å². The molecule has 0 saturated carbocycles. The molecule has 1 N–H and O–H groups in total. The van der Waals surface area contributed by atoms with Crippen LogP contribution in [0, 0.1) is 0 Å². The third kappa shape index (κ3) is 2.75. The van der Waals surface area contributed by atoms with E-state index in [1.54, 1.807) is 0 Å². The van der Waals surface area contributed by atoms with E-state index in [1.807, 2.05) is 84.1 Å². The van der Waals surface area contributed by atoms with Crippen molar-refractivity contribution in [3.05, 3.63) is 66.2 Å². The van der Waals surface area contributed by atoms with E-state index in [1.165, 1.54) is 0 Å². The molecule has 23 heavy (non-hydrogen) atoms. The van der Waals surface area contributed by atoms with E-state index < -0.39 is 5.97 Å². The lowest BCUT2D eigenvalue weighted by molar-refractivity contribution is -0.740. The number of carbonyl (C=O) groups is 1. The molecule has 0 atom stereocenters. The largest absolute Gasteiger partial charge is 0.481 e. The Kier molecular flexibility index (Phi) is 3.98. The number of aliphatic carboxylic acids is 1. The molecule has 0 saturated heterocycles. The van der Waals surface area contributed by atoms with E-state index in [0.717, 1.165) is 28.1 Å². The molecule has 0 aliphatic carbocycles. The summed E-state index contributed by atoms with van der Waals surface area (Å²) in [6.45, 7) is 0. The second-order valence-electron chi connectivity index (χ2n) is 5.53. The topological polar surface area (TPSA) is 46.1 Å². The van der Waals surface area contributed by atoms with Crippen LogP contribution in [0.2, 0.25) is 0 Å². The highest BCUT2D eigenvalue weighted by Gasteiger charge is 2.29. The van der Waals surface area contributed by atoms with Gasteiger partial charge in [-0.2, -0.15) is 4.68 Å². The summed E-state index contributed by atoms with van der Waals surface area (Å²) in [4.78, 5) is 11.4. The Balaban J connectivity index is 2.31. The Labute approximate surface area is 135 Å². The minimum Gasteiger partial charge on any atom is -0.481 e. The van der Waals surface area contributed by atoms with Crippen LogP contribution in [-0.2, 0) is 25.3 Å². The van der Waals surface area contributed by atoms with E-state index in [0.29, 0.717) is 0 Å². The molecule has 4 heteroatoms. The van der Waals surface area contributed by atoms with Gasteiger partial charge in [-0.1, -0.05) is 48.5 Å². The quantitative estimate of drug-likeness (QED) is 0.753. The average Bonchev–Trinajstić information content (AvgIpc) is 2.79. The number of hydrogen-bond donors (Lipinski definition) is 1. The van der Waals surface area contributed by atoms with Gasteiger partial charge < -0.3 is 5.11 Å². The van der Waals surface area contributed by atoms with Crippen LogP contribution >= 0.6 is 0 Å². The monoisotopic (exact) mass is 307 g/mol. The van der Waals surface area contributed by atoms with Crippen LogP contribution < -0.4 is 4.68 Å². The van der Waals surface area contributed by atoms with Crippen molar-refractivity contribution in [1.82, 2.24) is 4.68 Å². The van der Waals surface area contributed by atoms with Crippen molar-refractivity contribution >= 4 is 5.97 Å². The van der Waals surface area contributed by atoms with Crippen molar-refractivity contribution in [2.45, 2.75) is 6.42 Å². The highest BCUT2D eigenvalue weighted by atomic mass is 16.4. The Bertz CT molecular complexity index is 774. The van der Waals surface area contributed by atoms with E-state index >= 15 is 0 Å². The normalized spacial score (nSPS) is 10.7. The Morgan fingerprint density at radius 1 is 1.00 bits per heavy atom. The van der Waals surface area contributed by atoms with Crippen molar-refractivity contribution in [3.63, 3.8) is 0 Å². The maximum atomic E-state index is 11.4. The molecule has 3 aromatic rings. The van der Waals surface area contributed by atoms with Gasteiger partial charge in [-0.05, 0) is 12.1 Å². The molecule has 0 radical (unpaired) electrons. The maximum Gasteiger partial charge on any atom is 0.308 e. The molecule has 0 spiro atoms. The van der Waals surface area contributed by atoms with E-state index in [9.17, 15) is 9.90 Å². The first-order chi connectivity index (χ1) is 11.1. The lowest BCUT2D eigenvalue weighted by atomic mass is 9.99. The van der Waals surface area contributed by atoms with Crippen LogP contribution in [-0.4, -0.2) is 15.8 Å². The Morgan fingerprint density at radius 3 is 2.04 bits per heavy atom. The molecule has 1 heterocycles. The highest BCUT2D eigenvalue weighted by Crippen LogP contribution is 2.30. The predicted octanol–water partition coefficient (Wildman–Crippen LogP) is 2.81. The van der Waals surface area contributed by atoms with Gasteiger partial charge in [-0.3, -0.25) is 4.79 Å². The summed E-state index contributed by atoms with van der Waals surface area (Å²) in [6.07, 6.45) is -0.0108. The molecule has 0 fully saturated rings. The zero-order valence-electron chi connectivity index (χ0n) is 13.2. The molecule has 0 bridgehead atoms.